The van der Waals surface area contributed by atoms with Gasteiger partial charge in [-0.3, -0.25) is 9.78 Å². The molecule has 0 spiro atoms. The topological polar surface area (TPSA) is 30.0 Å². The summed E-state index contributed by atoms with van der Waals surface area (Å²) in [5, 5.41) is 0.0340. The molecule has 0 bridgehead atoms. The van der Waals surface area contributed by atoms with Crippen molar-refractivity contribution >= 4 is 23.0 Å². The van der Waals surface area contributed by atoms with Crippen LogP contribution in [0.25, 0.3) is 6.08 Å². The second-order valence-corrected chi connectivity index (χ2v) is 4.78. The molecule has 0 unspecified atom stereocenters. The Kier molecular flexibility index (Phi) is 5.40. The monoisotopic (exact) mass is 275 g/mol. The van der Waals surface area contributed by atoms with Crippen molar-refractivity contribution in [3.05, 3.63) is 35.7 Å². The Morgan fingerprint density at radius 1 is 1.50 bits per heavy atom. The maximum atomic E-state index is 12.4. The lowest BCUT2D eigenvalue weighted by molar-refractivity contribution is -0.141. The predicted molar refractivity (Wildman–Crippen MR) is 66.0 cm³/mol. The Bertz CT molecular complexity index is 443. The quantitative estimate of drug-likeness (QED) is 0.783. The largest absolute Gasteiger partial charge is 0.433 e. The van der Waals surface area contributed by atoms with Crippen LogP contribution in [-0.2, 0) is 11.0 Å². The first-order valence-corrected chi connectivity index (χ1v) is 6.21. The van der Waals surface area contributed by atoms with Gasteiger partial charge in [-0.25, -0.2) is 0 Å². The van der Waals surface area contributed by atoms with E-state index >= 15 is 0 Å². The molecule has 1 heterocycles. The van der Waals surface area contributed by atoms with Crippen molar-refractivity contribution < 1.29 is 18.0 Å². The highest BCUT2D eigenvalue weighted by Gasteiger charge is 2.32. The molecule has 0 aliphatic rings. The molecule has 0 N–H and O–H groups in total. The van der Waals surface area contributed by atoms with E-state index in [1.807, 2.05) is 0 Å². The average Bonchev–Trinajstić information content (AvgIpc) is 2.27. The molecule has 0 aliphatic heterocycles. The number of pyridine rings is 1. The number of thioether (sulfide) groups is 1. The number of allylic oxidation sites excluding steroid dienone is 1. The number of halogens is 3. The Labute approximate surface area is 107 Å². The third kappa shape index (κ3) is 5.35. The highest BCUT2D eigenvalue weighted by Crippen LogP contribution is 2.27. The van der Waals surface area contributed by atoms with Gasteiger partial charge in [-0.15, -0.1) is 0 Å². The number of hydrogen-bond acceptors (Lipinski definition) is 3. The molecule has 6 heteroatoms. The Hall–Kier alpha value is -1.30. The molecule has 0 fully saturated rings. The maximum Gasteiger partial charge on any atom is 0.433 e. The van der Waals surface area contributed by atoms with E-state index < -0.39 is 11.9 Å². The fraction of sp³-hybridized carbons (Fsp3) is 0.333. The minimum absolute atomic E-state index is 0.0340. The summed E-state index contributed by atoms with van der Waals surface area (Å²) in [5.74, 6) is 0.628. The third-order valence-electron chi connectivity index (χ3n) is 1.97. The van der Waals surface area contributed by atoms with Crippen molar-refractivity contribution in [2.75, 3.05) is 5.75 Å². The molecule has 2 nitrogen and oxygen atoms in total. The van der Waals surface area contributed by atoms with Gasteiger partial charge in [0.1, 0.15) is 5.69 Å². The Morgan fingerprint density at radius 3 is 2.83 bits per heavy atom. The summed E-state index contributed by atoms with van der Waals surface area (Å²) in [4.78, 5) is 13.9. The van der Waals surface area contributed by atoms with Crippen molar-refractivity contribution in [1.82, 2.24) is 4.98 Å². The van der Waals surface area contributed by atoms with E-state index in [0.29, 0.717) is 17.7 Å². The number of aromatic nitrogens is 1. The highest BCUT2D eigenvalue weighted by atomic mass is 32.2. The van der Waals surface area contributed by atoms with Gasteiger partial charge in [0.25, 0.3) is 0 Å². The van der Waals surface area contributed by atoms with E-state index in [0.717, 1.165) is 12.3 Å². The molecule has 1 aromatic rings. The van der Waals surface area contributed by atoms with Gasteiger partial charge in [0.2, 0.25) is 0 Å². The minimum atomic E-state index is -4.42. The van der Waals surface area contributed by atoms with Crippen LogP contribution >= 0.6 is 11.8 Å². The normalized spacial score (nSPS) is 12.0. The second-order valence-electron chi connectivity index (χ2n) is 3.50. The van der Waals surface area contributed by atoms with Gasteiger partial charge in [-0.05, 0) is 24.1 Å². The van der Waals surface area contributed by atoms with E-state index in [4.69, 9.17) is 0 Å². The van der Waals surface area contributed by atoms with Crippen LogP contribution in [0.15, 0.2) is 24.4 Å². The third-order valence-corrected chi connectivity index (χ3v) is 2.82. The van der Waals surface area contributed by atoms with E-state index in [-0.39, 0.29) is 5.12 Å². The molecule has 1 rings (SSSR count). The SMILES string of the molecule is CC(=O)SCCC=Cc1ccnc(C(F)(F)F)c1. The van der Waals surface area contributed by atoms with Gasteiger partial charge in [0.05, 0.1) is 0 Å². The molecule has 0 saturated carbocycles. The number of nitrogens with zero attached hydrogens (tertiary/aromatic N) is 1. The van der Waals surface area contributed by atoms with E-state index in [2.05, 4.69) is 4.98 Å². The number of carbonyl (C=O) groups is 1. The first-order chi connectivity index (χ1) is 8.39. The van der Waals surface area contributed by atoms with Crippen molar-refractivity contribution in [2.24, 2.45) is 0 Å². The van der Waals surface area contributed by atoms with E-state index in [9.17, 15) is 18.0 Å². The molecule has 0 aromatic carbocycles. The number of alkyl halides is 3. The molecule has 0 saturated heterocycles. The number of rotatable bonds is 4. The van der Waals surface area contributed by atoms with Crippen LogP contribution in [0, 0.1) is 0 Å². The summed E-state index contributed by atoms with van der Waals surface area (Å²) < 4.78 is 37.1. The molecular weight excluding hydrogens is 263 g/mol. The highest BCUT2D eigenvalue weighted by molar-refractivity contribution is 8.13. The predicted octanol–water partition coefficient (Wildman–Crippen LogP) is 3.78. The van der Waals surface area contributed by atoms with Crippen LogP contribution in [0.5, 0.6) is 0 Å². The van der Waals surface area contributed by atoms with Crippen molar-refractivity contribution in [2.45, 2.75) is 19.5 Å². The van der Waals surface area contributed by atoms with Crippen LogP contribution < -0.4 is 0 Å². The molecular formula is C12H12F3NOS. The fourth-order valence-corrected chi connectivity index (χ4v) is 1.74. The van der Waals surface area contributed by atoms with Crippen LogP contribution in [0.1, 0.15) is 24.6 Å². The van der Waals surface area contributed by atoms with Crippen molar-refractivity contribution in [1.29, 1.82) is 0 Å². The van der Waals surface area contributed by atoms with Crippen LogP contribution in [0.4, 0.5) is 13.2 Å². The van der Waals surface area contributed by atoms with Gasteiger partial charge in [0.15, 0.2) is 5.12 Å². The summed E-state index contributed by atoms with van der Waals surface area (Å²) in [6.45, 7) is 1.48. The molecule has 0 atom stereocenters. The lowest BCUT2D eigenvalue weighted by Gasteiger charge is -2.05. The second kappa shape index (κ2) is 6.58. The Balaban J connectivity index is 2.57. The standard InChI is InChI=1S/C12H12F3NOS/c1-9(17)18-7-3-2-4-10-5-6-16-11(8-10)12(13,14)15/h2,4-6,8H,3,7H2,1H3. The fourth-order valence-electron chi connectivity index (χ4n) is 1.20. The van der Waals surface area contributed by atoms with Crippen LogP contribution in [0.3, 0.4) is 0 Å². The summed E-state index contributed by atoms with van der Waals surface area (Å²) >= 11 is 1.19. The van der Waals surface area contributed by atoms with Gasteiger partial charge in [0, 0.05) is 18.9 Å². The number of hydrogen-bond donors (Lipinski definition) is 0. The van der Waals surface area contributed by atoms with Crippen molar-refractivity contribution in [3.8, 4) is 0 Å². The smallest absolute Gasteiger partial charge is 0.288 e. The average molecular weight is 275 g/mol. The molecule has 98 valence electrons. The first kappa shape index (κ1) is 14.8. The van der Waals surface area contributed by atoms with Crippen LogP contribution in [0.2, 0.25) is 0 Å². The molecule has 1 aromatic heterocycles. The first-order valence-electron chi connectivity index (χ1n) is 5.23. The zero-order valence-corrected chi connectivity index (χ0v) is 10.5. The van der Waals surface area contributed by atoms with Gasteiger partial charge in [-0.1, -0.05) is 23.9 Å². The van der Waals surface area contributed by atoms with Gasteiger partial charge in [-0.2, -0.15) is 13.2 Å². The van der Waals surface area contributed by atoms with Crippen molar-refractivity contribution in [3.63, 3.8) is 0 Å². The summed E-state index contributed by atoms with van der Waals surface area (Å²) in [6, 6.07) is 2.50. The molecule has 18 heavy (non-hydrogen) atoms. The lowest BCUT2D eigenvalue weighted by atomic mass is 10.2. The van der Waals surface area contributed by atoms with Gasteiger partial charge >= 0.3 is 6.18 Å². The lowest BCUT2D eigenvalue weighted by Crippen LogP contribution is -2.07. The van der Waals surface area contributed by atoms with Crippen LogP contribution in [-0.4, -0.2) is 15.9 Å². The number of carbonyl (C=O) groups excluding carboxylic acids is 1. The maximum absolute atomic E-state index is 12.4. The summed E-state index contributed by atoms with van der Waals surface area (Å²) in [5.41, 5.74) is -0.451. The zero-order chi connectivity index (χ0) is 13.6. The van der Waals surface area contributed by atoms with Gasteiger partial charge < -0.3 is 0 Å². The van der Waals surface area contributed by atoms with E-state index in [1.165, 1.54) is 24.8 Å². The molecule has 0 aliphatic carbocycles. The molecule has 0 radical (unpaired) electrons. The van der Waals surface area contributed by atoms with E-state index in [1.54, 1.807) is 12.2 Å². The Morgan fingerprint density at radius 2 is 2.22 bits per heavy atom. The minimum Gasteiger partial charge on any atom is -0.288 e. The summed E-state index contributed by atoms with van der Waals surface area (Å²) in [6.07, 6.45) is 0.679. The molecule has 0 amide bonds. The zero-order valence-electron chi connectivity index (χ0n) is 9.70. The summed E-state index contributed by atoms with van der Waals surface area (Å²) in [7, 11) is 0.